The van der Waals surface area contributed by atoms with Gasteiger partial charge < -0.3 is 15.2 Å². The molecule has 24 heavy (non-hydrogen) atoms. The van der Waals surface area contributed by atoms with Crippen LogP contribution in [0.25, 0.3) is 0 Å². The minimum absolute atomic E-state index is 0.103. The summed E-state index contributed by atoms with van der Waals surface area (Å²) < 4.78 is 12.8. The number of nitrogens with zero attached hydrogens (tertiary/aromatic N) is 4. The normalized spacial score (nSPS) is 21.8. The molecule has 0 amide bonds. The monoisotopic (exact) mass is 331 g/mol. The van der Waals surface area contributed by atoms with Crippen molar-refractivity contribution in [2.24, 2.45) is 5.73 Å². The molecule has 1 aromatic carbocycles. The first-order chi connectivity index (χ1) is 11.7. The number of hydrogen-bond acceptors (Lipinski definition) is 6. The molecule has 7 heteroatoms. The highest BCUT2D eigenvalue weighted by Gasteiger charge is 2.26. The lowest BCUT2D eigenvalue weighted by Crippen LogP contribution is -2.51. The molecule has 1 fully saturated rings. The van der Waals surface area contributed by atoms with E-state index in [1.807, 2.05) is 6.07 Å². The summed E-state index contributed by atoms with van der Waals surface area (Å²) in [6.45, 7) is 3.37. The number of aromatic nitrogens is 3. The first-order valence-corrected chi connectivity index (χ1v) is 8.18. The first-order valence-electron chi connectivity index (χ1n) is 8.18. The highest BCUT2D eigenvalue weighted by atomic mass is 16.5. The van der Waals surface area contributed by atoms with E-state index in [1.165, 1.54) is 11.9 Å². The van der Waals surface area contributed by atoms with Crippen LogP contribution in [0.15, 0.2) is 30.9 Å². The Labute approximate surface area is 142 Å². The van der Waals surface area contributed by atoms with E-state index in [2.05, 4.69) is 27.1 Å². The molecule has 0 spiro atoms. The van der Waals surface area contributed by atoms with Crippen LogP contribution in [-0.4, -0.2) is 59.1 Å². The van der Waals surface area contributed by atoms with Crippen molar-refractivity contribution in [2.45, 2.75) is 31.7 Å². The predicted octanol–water partition coefficient (Wildman–Crippen LogP) is 0.883. The van der Waals surface area contributed by atoms with Crippen molar-refractivity contribution in [3.63, 3.8) is 0 Å². The number of rotatable bonds is 6. The van der Waals surface area contributed by atoms with Crippen molar-refractivity contribution in [1.29, 1.82) is 0 Å². The predicted molar refractivity (Wildman–Crippen MR) is 90.8 cm³/mol. The van der Waals surface area contributed by atoms with E-state index in [4.69, 9.17) is 15.2 Å². The van der Waals surface area contributed by atoms with Gasteiger partial charge in [0, 0.05) is 38.3 Å². The van der Waals surface area contributed by atoms with Crippen LogP contribution in [0.2, 0.25) is 0 Å². The molecule has 2 atom stereocenters. The molecule has 2 aromatic rings. The summed E-state index contributed by atoms with van der Waals surface area (Å²) >= 11 is 0. The zero-order valence-electron chi connectivity index (χ0n) is 14.3. The van der Waals surface area contributed by atoms with Crippen molar-refractivity contribution in [1.82, 2.24) is 19.7 Å². The van der Waals surface area contributed by atoms with Gasteiger partial charge in [-0.25, -0.2) is 9.67 Å². The van der Waals surface area contributed by atoms with Crippen LogP contribution in [0.4, 0.5) is 0 Å². The van der Waals surface area contributed by atoms with Crippen molar-refractivity contribution in [2.75, 3.05) is 27.3 Å². The number of ether oxygens (including phenoxy) is 2. The van der Waals surface area contributed by atoms with Gasteiger partial charge in [0.05, 0.1) is 19.8 Å². The molecule has 2 N–H and O–H groups in total. The average Bonchev–Trinajstić information content (AvgIpc) is 3.10. The molecule has 0 radical (unpaired) electrons. The molecule has 1 aliphatic rings. The summed E-state index contributed by atoms with van der Waals surface area (Å²) in [5.74, 6) is 0.865. The zero-order valence-corrected chi connectivity index (χ0v) is 14.3. The summed E-state index contributed by atoms with van der Waals surface area (Å²) in [6.07, 6.45) is 4.31. The van der Waals surface area contributed by atoms with Crippen LogP contribution in [0.3, 0.4) is 0 Å². The molecule has 0 aliphatic carbocycles. The topological polar surface area (TPSA) is 78.4 Å². The lowest BCUT2D eigenvalue weighted by Gasteiger charge is -2.36. The van der Waals surface area contributed by atoms with Gasteiger partial charge in [-0.05, 0) is 24.1 Å². The maximum atomic E-state index is 6.10. The number of hydrogen-bond donors (Lipinski definition) is 1. The molecule has 0 unspecified atom stereocenters. The third kappa shape index (κ3) is 3.92. The minimum atomic E-state index is 0.103. The number of nitrogens with two attached hydrogens (primary N) is 1. The van der Waals surface area contributed by atoms with E-state index in [0.29, 0.717) is 6.54 Å². The van der Waals surface area contributed by atoms with E-state index in [9.17, 15) is 0 Å². The molecule has 130 valence electrons. The van der Waals surface area contributed by atoms with E-state index < -0.39 is 0 Å². The summed E-state index contributed by atoms with van der Waals surface area (Å²) in [6, 6.07) is 6.44. The second-order valence-electron chi connectivity index (χ2n) is 6.20. The minimum Gasteiger partial charge on any atom is -0.496 e. The van der Waals surface area contributed by atoms with E-state index >= 15 is 0 Å². The van der Waals surface area contributed by atoms with Gasteiger partial charge in [0.15, 0.2) is 0 Å². The van der Waals surface area contributed by atoms with Crippen LogP contribution in [-0.2, 0) is 17.8 Å². The van der Waals surface area contributed by atoms with Crippen molar-refractivity contribution in [3.8, 4) is 5.75 Å². The molecule has 0 saturated carbocycles. The molecule has 2 heterocycles. The molecule has 7 nitrogen and oxygen atoms in total. The Morgan fingerprint density at radius 1 is 1.29 bits per heavy atom. The SMILES string of the molecule is COc1ccc(CN2CC[C@@H](N)[C@@H](OC)C2)cc1Cn1cncn1. The summed E-state index contributed by atoms with van der Waals surface area (Å²) in [7, 11) is 3.42. The van der Waals surface area contributed by atoms with E-state index in [-0.39, 0.29) is 12.1 Å². The molecule has 0 bridgehead atoms. The third-order valence-corrected chi connectivity index (χ3v) is 4.55. The van der Waals surface area contributed by atoms with E-state index in [1.54, 1.807) is 25.2 Å². The van der Waals surface area contributed by atoms with Crippen molar-refractivity contribution < 1.29 is 9.47 Å². The Hall–Kier alpha value is -1.96. The Bertz CT molecular complexity index is 646. The second-order valence-corrected chi connectivity index (χ2v) is 6.20. The third-order valence-electron chi connectivity index (χ3n) is 4.55. The maximum absolute atomic E-state index is 6.10. The van der Waals surface area contributed by atoms with E-state index in [0.717, 1.165) is 37.4 Å². The highest BCUT2D eigenvalue weighted by molar-refractivity contribution is 5.37. The molecule has 1 aliphatic heterocycles. The Morgan fingerprint density at radius 3 is 2.88 bits per heavy atom. The fraction of sp³-hybridized carbons (Fsp3) is 0.529. The molecule has 3 rings (SSSR count). The van der Waals surface area contributed by atoms with Gasteiger partial charge in [-0.15, -0.1) is 0 Å². The Morgan fingerprint density at radius 2 is 2.17 bits per heavy atom. The van der Waals surface area contributed by atoms with Crippen molar-refractivity contribution >= 4 is 0 Å². The molecular weight excluding hydrogens is 306 g/mol. The zero-order chi connectivity index (χ0) is 16.9. The van der Waals surface area contributed by atoms with Crippen molar-refractivity contribution in [3.05, 3.63) is 42.0 Å². The number of methoxy groups -OCH3 is 2. The molecule has 1 saturated heterocycles. The summed E-state index contributed by atoms with van der Waals surface area (Å²) in [4.78, 5) is 6.38. The number of likely N-dealkylation sites (tertiary alicyclic amines) is 1. The largest absolute Gasteiger partial charge is 0.496 e. The van der Waals surface area contributed by atoms with Gasteiger partial charge in [0.1, 0.15) is 18.4 Å². The van der Waals surface area contributed by atoms with Crippen LogP contribution in [0.1, 0.15) is 17.5 Å². The van der Waals surface area contributed by atoms with Gasteiger partial charge >= 0.3 is 0 Å². The number of piperidine rings is 1. The number of benzene rings is 1. The molecule has 1 aromatic heterocycles. The molecular formula is C17H25N5O2. The Kier molecular flexibility index (Phi) is 5.44. The lowest BCUT2D eigenvalue weighted by molar-refractivity contribution is 0.0140. The fourth-order valence-electron chi connectivity index (χ4n) is 3.19. The van der Waals surface area contributed by atoms with Crippen LogP contribution in [0.5, 0.6) is 5.75 Å². The summed E-state index contributed by atoms with van der Waals surface area (Å²) in [5.41, 5.74) is 8.44. The van der Waals surface area contributed by atoms with Gasteiger partial charge in [-0.3, -0.25) is 4.90 Å². The maximum Gasteiger partial charge on any atom is 0.137 e. The van der Waals surface area contributed by atoms with Crippen LogP contribution < -0.4 is 10.5 Å². The Balaban J connectivity index is 1.72. The fourth-order valence-corrected chi connectivity index (χ4v) is 3.19. The summed E-state index contributed by atoms with van der Waals surface area (Å²) in [5, 5.41) is 4.17. The van der Waals surface area contributed by atoms with Gasteiger partial charge in [-0.1, -0.05) is 6.07 Å². The van der Waals surface area contributed by atoms with Crippen LogP contribution in [0, 0.1) is 0 Å². The van der Waals surface area contributed by atoms with Gasteiger partial charge in [0.25, 0.3) is 0 Å². The second kappa shape index (κ2) is 7.74. The first kappa shape index (κ1) is 16.9. The smallest absolute Gasteiger partial charge is 0.137 e. The van der Waals surface area contributed by atoms with Gasteiger partial charge in [0.2, 0.25) is 0 Å². The quantitative estimate of drug-likeness (QED) is 0.847. The highest BCUT2D eigenvalue weighted by Crippen LogP contribution is 2.23. The van der Waals surface area contributed by atoms with Gasteiger partial charge in [-0.2, -0.15) is 5.10 Å². The lowest BCUT2D eigenvalue weighted by atomic mass is 10.0. The average molecular weight is 331 g/mol. The standard InChI is InChI=1S/C17H25N5O2/c1-23-16-4-3-13(7-14(16)9-22-12-19-11-20-22)8-21-6-5-15(18)17(10-21)24-2/h3-4,7,11-12,15,17H,5-6,8-10,18H2,1-2H3/t15-,17+/m1/s1. The van der Waals surface area contributed by atoms with Crippen LogP contribution >= 0.6 is 0 Å².